The van der Waals surface area contributed by atoms with Crippen LogP contribution in [0, 0.1) is 0 Å². The van der Waals surface area contributed by atoms with E-state index in [9.17, 15) is 4.79 Å². The van der Waals surface area contributed by atoms with Crippen LogP contribution in [0.3, 0.4) is 0 Å². The molecule has 29 heavy (non-hydrogen) atoms. The van der Waals surface area contributed by atoms with E-state index in [-0.39, 0.29) is 11.7 Å². The summed E-state index contributed by atoms with van der Waals surface area (Å²) in [6, 6.07) is 7.51. The van der Waals surface area contributed by atoms with Crippen LogP contribution in [0.25, 0.3) is 0 Å². The fourth-order valence-corrected chi connectivity index (χ4v) is 4.48. The summed E-state index contributed by atoms with van der Waals surface area (Å²) >= 11 is 4.13. The van der Waals surface area contributed by atoms with Crippen molar-refractivity contribution in [3.8, 4) is 5.75 Å². The number of benzene rings is 1. The Bertz CT molecular complexity index is 944. The van der Waals surface area contributed by atoms with Crippen molar-refractivity contribution >= 4 is 51.6 Å². The van der Waals surface area contributed by atoms with Gasteiger partial charge in [-0.2, -0.15) is 0 Å². The van der Waals surface area contributed by atoms with E-state index in [0.29, 0.717) is 22.7 Å². The summed E-state index contributed by atoms with van der Waals surface area (Å²) in [5.41, 5.74) is 0.903. The summed E-state index contributed by atoms with van der Waals surface area (Å²) in [5, 5.41) is 22.9. The lowest BCUT2D eigenvalue weighted by Gasteiger charge is -2.07. The van der Waals surface area contributed by atoms with Crippen LogP contribution in [0.5, 0.6) is 5.75 Å². The topological polar surface area (TPSA) is 133 Å². The summed E-state index contributed by atoms with van der Waals surface area (Å²) in [4.78, 5) is 12.1. The highest BCUT2D eigenvalue weighted by Crippen LogP contribution is 2.25. The minimum Gasteiger partial charge on any atom is -0.497 e. The Morgan fingerprint density at radius 2 is 2.00 bits per heavy atom. The maximum Gasteiger partial charge on any atom is 0.236 e. The number of thioether (sulfide) groups is 2. The highest BCUT2D eigenvalue weighted by Gasteiger charge is 2.14. The molecule has 3 rings (SSSR count). The van der Waals surface area contributed by atoms with Crippen molar-refractivity contribution < 1.29 is 9.53 Å². The largest absolute Gasteiger partial charge is 0.497 e. The third kappa shape index (κ3) is 5.98. The number of hydrogen-bond acceptors (Lipinski definition) is 11. The van der Waals surface area contributed by atoms with Crippen LogP contribution < -0.4 is 21.2 Å². The molecule has 1 aromatic carbocycles. The van der Waals surface area contributed by atoms with Gasteiger partial charge in [0.1, 0.15) is 5.75 Å². The van der Waals surface area contributed by atoms with E-state index in [1.807, 2.05) is 31.2 Å². The summed E-state index contributed by atoms with van der Waals surface area (Å²) in [6.45, 7) is 2.43. The zero-order chi connectivity index (χ0) is 20.6. The second-order valence-corrected chi connectivity index (χ2v) is 8.93. The monoisotopic (exact) mass is 452 g/mol. The number of aromatic nitrogens is 5. The highest BCUT2D eigenvalue weighted by molar-refractivity contribution is 8.01. The predicted octanol–water partition coefficient (Wildman–Crippen LogP) is 2.31. The number of nitrogens with zero attached hydrogens (tertiary/aromatic N) is 5. The van der Waals surface area contributed by atoms with Crippen molar-refractivity contribution in [2.75, 3.05) is 35.1 Å². The zero-order valence-electron chi connectivity index (χ0n) is 15.8. The number of carbonyl (C=O) groups is 1. The van der Waals surface area contributed by atoms with Crippen molar-refractivity contribution in [2.45, 2.75) is 23.0 Å². The van der Waals surface area contributed by atoms with E-state index in [2.05, 4.69) is 31.0 Å². The lowest BCUT2D eigenvalue weighted by molar-refractivity contribution is -0.113. The fraction of sp³-hybridized carbons (Fsp3) is 0.312. The number of amides is 1. The predicted molar refractivity (Wildman–Crippen MR) is 116 cm³/mol. The van der Waals surface area contributed by atoms with Gasteiger partial charge in [-0.15, -0.1) is 20.4 Å². The Balaban J connectivity index is 1.48. The first-order chi connectivity index (χ1) is 14.1. The normalized spacial score (nSPS) is 10.7. The van der Waals surface area contributed by atoms with Gasteiger partial charge in [-0.3, -0.25) is 10.1 Å². The Hall–Kier alpha value is -2.51. The van der Waals surface area contributed by atoms with Crippen LogP contribution in [-0.4, -0.2) is 49.6 Å². The molecular formula is C16H20N8O2S3. The molecule has 3 aromatic rings. The Kier molecular flexibility index (Phi) is 7.55. The number of nitrogens with one attached hydrogen (secondary N) is 2. The molecule has 0 radical (unpaired) electrons. The number of methoxy groups -OCH3 is 1. The van der Waals surface area contributed by atoms with Crippen molar-refractivity contribution in [1.82, 2.24) is 25.1 Å². The minimum atomic E-state index is -0.208. The maximum atomic E-state index is 12.1. The molecule has 0 aliphatic carbocycles. The van der Waals surface area contributed by atoms with Crippen LogP contribution in [0.4, 0.5) is 10.8 Å². The summed E-state index contributed by atoms with van der Waals surface area (Å²) < 4.78 is 7.33. The molecule has 0 fully saturated rings. The van der Waals surface area contributed by atoms with E-state index in [4.69, 9.17) is 10.6 Å². The lowest BCUT2D eigenvalue weighted by atomic mass is 10.3. The van der Waals surface area contributed by atoms with Gasteiger partial charge in [-0.05, 0) is 30.0 Å². The van der Waals surface area contributed by atoms with Crippen LogP contribution in [0.2, 0.25) is 0 Å². The molecule has 0 spiro atoms. The van der Waals surface area contributed by atoms with Gasteiger partial charge in [-0.25, -0.2) is 4.68 Å². The first kappa shape index (κ1) is 21.2. The molecule has 0 saturated carbocycles. The first-order valence-electron chi connectivity index (χ1n) is 8.55. The molecule has 2 heterocycles. The van der Waals surface area contributed by atoms with Gasteiger partial charge in [0.15, 0.2) is 10.2 Å². The number of hydrogen-bond donors (Lipinski definition) is 3. The summed E-state index contributed by atoms with van der Waals surface area (Å²) in [7, 11) is 1.62. The van der Waals surface area contributed by atoms with Gasteiger partial charge in [0, 0.05) is 5.69 Å². The highest BCUT2D eigenvalue weighted by atomic mass is 32.2. The van der Waals surface area contributed by atoms with Gasteiger partial charge >= 0.3 is 0 Å². The molecule has 0 aliphatic heterocycles. The number of nitrogens with two attached hydrogens (primary N) is 1. The van der Waals surface area contributed by atoms with Crippen molar-refractivity contribution in [3.63, 3.8) is 0 Å². The van der Waals surface area contributed by atoms with Crippen molar-refractivity contribution in [3.05, 3.63) is 30.1 Å². The lowest BCUT2D eigenvalue weighted by Crippen LogP contribution is -2.18. The minimum absolute atomic E-state index is 0.136. The number of rotatable bonds is 10. The van der Waals surface area contributed by atoms with Crippen LogP contribution in [0.15, 0.2) is 33.8 Å². The average Bonchev–Trinajstić information content (AvgIpc) is 3.31. The van der Waals surface area contributed by atoms with Gasteiger partial charge in [-0.1, -0.05) is 41.8 Å². The zero-order valence-corrected chi connectivity index (χ0v) is 18.2. The molecule has 0 bridgehead atoms. The molecule has 0 atom stereocenters. The molecule has 2 aromatic heterocycles. The number of anilines is 2. The standard InChI is InChI=1S/C16H20N8O2S3/c1-3-27-16-23-21-14(29-16)19-13(25)9-28-15-22-20-12(24(15)17)8-18-10-4-6-11(26-2)7-5-10/h4-7,18H,3,8-9,17H2,1-2H3,(H,19,21,25). The Labute approximate surface area is 180 Å². The Morgan fingerprint density at radius 1 is 1.21 bits per heavy atom. The number of nitrogen functional groups attached to an aromatic ring is 1. The molecule has 13 heteroatoms. The molecule has 1 amide bonds. The second kappa shape index (κ2) is 10.3. The third-order valence-corrected chi connectivity index (χ3v) is 6.33. The van der Waals surface area contributed by atoms with Crippen molar-refractivity contribution in [2.24, 2.45) is 0 Å². The second-order valence-electron chi connectivity index (χ2n) is 5.49. The quantitative estimate of drug-likeness (QED) is 0.239. The van der Waals surface area contributed by atoms with Crippen LogP contribution in [0.1, 0.15) is 12.7 Å². The Morgan fingerprint density at radius 3 is 2.72 bits per heavy atom. The van der Waals surface area contributed by atoms with Crippen molar-refractivity contribution in [1.29, 1.82) is 0 Å². The smallest absolute Gasteiger partial charge is 0.236 e. The number of ether oxygens (including phenoxy) is 1. The molecular weight excluding hydrogens is 432 g/mol. The van der Waals surface area contributed by atoms with E-state index in [1.54, 1.807) is 18.9 Å². The molecule has 10 nitrogen and oxygen atoms in total. The summed E-state index contributed by atoms with van der Waals surface area (Å²) in [5.74, 6) is 8.21. The van der Waals surface area contributed by atoms with Crippen LogP contribution in [-0.2, 0) is 11.3 Å². The van der Waals surface area contributed by atoms with Gasteiger partial charge in [0.05, 0.1) is 19.4 Å². The van der Waals surface area contributed by atoms with E-state index in [0.717, 1.165) is 21.5 Å². The fourth-order valence-electron chi connectivity index (χ4n) is 2.14. The molecule has 0 unspecified atom stereocenters. The molecule has 4 N–H and O–H groups in total. The van der Waals surface area contributed by atoms with Crippen LogP contribution >= 0.6 is 34.9 Å². The summed E-state index contributed by atoms with van der Waals surface area (Å²) in [6.07, 6.45) is 0. The van der Waals surface area contributed by atoms with Gasteiger partial charge in [0.25, 0.3) is 0 Å². The van der Waals surface area contributed by atoms with E-state index < -0.39 is 0 Å². The van der Waals surface area contributed by atoms with E-state index in [1.165, 1.54) is 27.8 Å². The first-order valence-corrected chi connectivity index (χ1v) is 11.3. The number of carbonyl (C=O) groups excluding carboxylic acids is 1. The average molecular weight is 453 g/mol. The SMILES string of the molecule is CCSc1nnc(NC(=O)CSc2nnc(CNc3ccc(OC)cc3)n2N)s1. The van der Waals surface area contributed by atoms with E-state index >= 15 is 0 Å². The van der Waals surface area contributed by atoms with Gasteiger partial charge < -0.3 is 15.9 Å². The molecule has 154 valence electrons. The molecule has 0 aliphatic rings. The molecule has 0 saturated heterocycles. The third-order valence-electron chi connectivity index (χ3n) is 3.53. The van der Waals surface area contributed by atoms with Gasteiger partial charge in [0.2, 0.25) is 16.2 Å². The maximum absolute atomic E-state index is 12.1.